The third-order valence-electron chi connectivity index (χ3n) is 2.47. The largest absolute Gasteiger partial charge is 0.491 e. The zero-order chi connectivity index (χ0) is 15.2. The minimum atomic E-state index is -0.343. The van der Waals surface area contributed by atoms with Crippen molar-refractivity contribution >= 4 is 29.9 Å². The first-order valence-corrected chi connectivity index (χ1v) is 6.75. The van der Waals surface area contributed by atoms with E-state index in [-0.39, 0.29) is 41.1 Å². The second kappa shape index (κ2) is 9.07. The Hall–Kier alpha value is -1.05. The van der Waals surface area contributed by atoms with Crippen LogP contribution in [-0.2, 0) is 6.54 Å². The van der Waals surface area contributed by atoms with Gasteiger partial charge in [0.15, 0.2) is 17.5 Å². The van der Waals surface area contributed by atoms with Crippen molar-refractivity contribution in [1.29, 1.82) is 0 Å². The number of rotatable bonds is 4. The fourth-order valence-electron chi connectivity index (χ4n) is 1.65. The SMILES string of the molecule is CCOc1ccc(CNC(=NC)NC(C)(C)C)cc1F.I. The second-order valence-electron chi connectivity index (χ2n) is 5.50. The maximum atomic E-state index is 13.7. The Labute approximate surface area is 143 Å². The highest BCUT2D eigenvalue weighted by atomic mass is 127. The summed E-state index contributed by atoms with van der Waals surface area (Å²) < 4.78 is 18.9. The predicted molar refractivity (Wildman–Crippen MR) is 96.1 cm³/mol. The standard InChI is InChI=1S/C15H24FN3O.HI/c1-6-20-13-8-7-11(9-12(13)16)10-18-14(17-5)19-15(2,3)4;/h7-9H,6,10H2,1-5H3,(H2,17,18,19);1H. The van der Waals surface area contributed by atoms with Crippen LogP contribution in [0.3, 0.4) is 0 Å². The van der Waals surface area contributed by atoms with Crippen LogP contribution < -0.4 is 15.4 Å². The molecule has 0 fully saturated rings. The van der Waals surface area contributed by atoms with Gasteiger partial charge < -0.3 is 15.4 Å². The van der Waals surface area contributed by atoms with Crippen LogP contribution in [-0.4, -0.2) is 25.2 Å². The summed E-state index contributed by atoms with van der Waals surface area (Å²) in [6, 6.07) is 4.96. The number of aliphatic imine (C=N–C) groups is 1. The molecule has 2 N–H and O–H groups in total. The van der Waals surface area contributed by atoms with Gasteiger partial charge in [-0.15, -0.1) is 24.0 Å². The molecule has 21 heavy (non-hydrogen) atoms. The molecule has 0 saturated carbocycles. The molecule has 0 aliphatic carbocycles. The highest BCUT2D eigenvalue weighted by Gasteiger charge is 2.11. The zero-order valence-electron chi connectivity index (χ0n) is 13.3. The van der Waals surface area contributed by atoms with Gasteiger partial charge >= 0.3 is 0 Å². The minimum absolute atomic E-state index is 0. The summed E-state index contributed by atoms with van der Waals surface area (Å²) in [6.07, 6.45) is 0. The number of halogens is 2. The van der Waals surface area contributed by atoms with E-state index in [1.807, 2.05) is 13.0 Å². The molecule has 0 amide bonds. The van der Waals surface area contributed by atoms with Crippen LogP contribution in [0.4, 0.5) is 4.39 Å². The van der Waals surface area contributed by atoms with Crippen LogP contribution in [0, 0.1) is 5.82 Å². The molecule has 0 heterocycles. The predicted octanol–water partition coefficient (Wildman–Crippen LogP) is 3.31. The second-order valence-corrected chi connectivity index (χ2v) is 5.50. The first-order chi connectivity index (χ1) is 9.35. The van der Waals surface area contributed by atoms with Crippen molar-refractivity contribution in [1.82, 2.24) is 10.6 Å². The zero-order valence-corrected chi connectivity index (χ0v) is 15.6. The molecule has 0 bridgehead atoms. The molecule has 0 spiro atoms. The average molecular weight is 409 g/mol. The highest BCUT2D eigenvalue weighted by Crippen LogP contribution is 2.18. The van der Waals surface area contributed by atoms with Gasteiger partial charge in [0.1, 0.15) is 0 Å². The normalized spacial score (nSPS) is 11.6. The number of nitrogens with zero attached hydrogens (tertiary/aromatic N) is 1. The third-order valence-corrected chi connectivity index (χ3v) is 2.47. The van der Waals surface area contributed by atoms with Crippen molar-refractivity contribution in [2.24, 2.45) is 4.99 Å². The average Bonchev–Trinajstić information content (AvgIpc) is 2.36. The van der Waals surface area contributed by atoms with Crippen LogP contribution in [0.15, 0.2) is 23.2 Å². The topological polar surface area (TPSA) is 45.6 Å². The first kappa shape index (κ1) is 19.9. The first-order valence-electron chi connectivity index (χ1n) is 6.75. The van der Waals surface area contributed by atoms with Gasteiger partial charge in [0.05, 0.1) is 6.61 Å². The maximum Gasteiger partial charge on any atom is 0.191 e. The smallest absolute Gasteiger partial charge is 0.191 e. The molecule has 0 aromatic heterocycles. The van der Waals surface area contributed by atoms with Gasteiger partial charge in [-0.05, 0) is 45.4 Å². The van der Waals surface area contributed by atoms with Gasteiger partial charge in [-0.3, -0.25) is 4.99 Å². The molecule has 0 aliphatic heterocycles. The molecular formula is C15H25FIN3O. The molecule has 0 atom stereocenters. The summed E-state index contributed by atoms with van der Waals surface area (Å²) >= 11 is 0. The monoisotopic (exact) mass is 409 g/mol. The molecule has 0 saturated heterocycles. The van der Waals surface area contributed by atoms with Crippen molar-refractivity contribution in [2.45, 2.75) is 39.8 Å². The Kier molecular flexibility index (Phi) is 8.61. The van der Waals surface area contributed by atoms with Crippen LogP contribution in [0.2, 0.25) is 0 Å². The summed E-state index contributed by atoms with van der Waals surface area (Å²) in [5.74, 6) is 0.630. The molecule has 120 valence electrons. The van der Waals surface area contributed by atoms with E-state index >= 15 is 0 Å². The highest BCUT2D eigenvalue weighted by molar-refractivity contribution is 14.0. The van der Waals surface area contributed by atoms with E-state index in [1.54, 1.807) is 13.1 Å². The van der Waals surface area contributed by atoms with E-state index < -0.39 is 0 Å². The molecular weight excluding hydrogens is 384 g/mol. The third kappa shape index (κ3) is 7.50. The van der Waals surface area contributed by atoms with Gasteiger partial charge in [0, 0.05) is 19.1 Å². The number of hydrogen-bond acceptors (Lipinski definition) is 2. The summed E-state index contributed by atoms with van der Waals surface area (Å²) in [4.78, 5) is 4.13. The summed E-state index contributed by atoms with van der Waals surface area (Å²) in [7, 11) is 1.71. The molecule has 1 aromatic carbocycles. The fourth-order valence-corrected chi connectivity index (χ4v) is 1.65. The van der Waals surface area contributed by atoms with Crippen molar-refractivity contribution in [2.75, 3.05) is 13.7 Å². The number of guanidine groups is 1. The Morgan fingerprint density at radius 1 is 1.33 bits per heavy atom. The van der Waals surface area contributed by atoms with Gasteiger partial charge in [0.2, 0.25) is 0 Å². The van der Waals surface area contributed by atoms with E-state index in [1.165, 1.54) is 6.07 Å². The Bertz CT molecular complexity index is 472. The Morgan fingerprint density at radius 2 is 2.00 bits per heavy atom. The molecule has 0 aliphatic rings. The maximum absolute atomic E-state index is 13.7. The van der Waals surface area contributed by atoms with Crippen LogP contribution in [0.5, 0.6) is 5.75 Å². The molecule has 0 radical (unpaired) electrons. The van der Waals surface area contributed by atoms with Crippen LogP contribution in [0.25, 0.3) is 0 Å². The van der Waals surface area contributed by atoms with Gasteiger partial charge in [0.25, 0.3) is 0 Å². The number of ether oxygens (including phenoxy) is 1. The van der Waals surface area contributed by atoms with E-state index in [4.69, 9.17) is 4.74 Å². The van der Waals surface area contributed by atoms with Crippen molar-refractivity contribution in [3.05, 3.63) is 29.6 Å². The lowest BCUT2D eigenvalue weighted by Gasteiger charge is -2.23. The lowest BCUT2D eigenvalue weighted by Crippen LogP contribution is -2.47. The summed E-state index contributed by atoms with van der Waals surface area (Å²) in [5, 5.41) is 6.40. The molecule has 6 heteroatoms. The van der Waals surface area contributed by atoms with Crippen molar-refractivity contribution in [3.8, 4) is 5.75 Å². The number of hydrogen-bond donors (Lipinski definition) is 2. The molecule has 1 aromatic rings. The van der Waals surface area contributed by atoms with Gasteiger partial charge in [-0.2, -0.15) is 0 Å². The Balaban J connectivity index is 0.00000400. The van der Waals surface area contributed by atoms with E-state index in [9.17, 15) is 4.39 Å². The molecule has 0 unspecified atom stereocenters. The minimum Gasteiger partial charge on any atom is -0.491 e. The molecule has 4 nitrogen and oxygen atoms in total. The van der Waals surface area contributed by atoms with E-state index in [0.717, 1.165) is 5.56 Å². The number of nitrogens with one attached hydrogen (secondary N) is 2. The van der Waals surface area contributed by atoms with Gasteiger partial charge in [-0.25, -0.2) is 4.39 Å². The lowest BCUT2D eigenvalue weighted by atomic mass is 10.1. The molecule has 1 rings (SSSR count). The summed E-state index contributed by atoms with van der Waals surface area (Å²) in [6.45, 7) is 8.94. The van der Waals surface area contributed by atoms with Crippen LogP contribution >= 0.6 is 24.0 Å². The van der Waals surface area contributed by atoms with E-state index in [2.05, 4.69) is 36.4 Å². The fraction of sp³-hybridized carbons (Fsp3) is 0.533. The van der Waals surface area contributed by atoms with Crippen molar-refractivity contribution in [3.63, 3.8) is 0 Å². The number of benzene rings is 1. The van der Waals surface area contributed by atoms with Gasteiger partial charge in [-0.1, -0.05) is 6.07 Å². The quantitative estimate of drug-likeness (QED) is 0.456. The summed E-state index contributed by atoms with van der Waals surface area (Å²) in [5.41, 5.74) is 0.758. The van der Waals surface area contributed by atoms with E-state index in [0.29, 0.717) is 19.1 Å². The Morgan fingerprint density at radius 3 is 2.48 bits per heavy atom. The van der Waals surface area contributed by atoms with Crippen molar-refractivity contribution < 1.29 is 9.13 Å². The lowest BCUT2D eigenvalue weighted by molar-refractivity contribution is 0.321. The van der Waals surface area contributed by atoms with Crippen LogP contribution in [0.1, 0.15) is 33.3 Å².